The van der Waals surface area contributed by atoms with Crippen molar-refractivity contribution in [3.63, 3.8) is 0 Å². The fourth-order valence-corrected chi connectivity index (χ4v) is 2.79. The first-order valence-electron chi connectivity index (χ1n) is 5.80. The van der Waals surface area contributed by atoms with Crippen LogP contribution in [0.4, 0.5) is 18.9 Å². The summed E-state index contributed by atoms with van der Waals surface area (Å²) in [6, 6.07) is 6.50. The van der Waals surface area contributed by atoms with Crippen LogP contribution in [0.15, 0.2) is 41.3 Å². The first-order chi connectivity index (χ1) is 9.83. The quantitative estimate of drug-likeness (QED) is 0.851. The van der Waals surface area contributed by atoms with Gasteiger partial charge >= 0.3 is 0 Å². The van der Waals surface area contributed by atoms with Gasteiger partial charge in [0.1, 0.15) is 5.82 Å². The number of benzene rings is 2. The van der Waals surface area contributed by atoms with E-state index in [1.165, 1.54) is 18.2 Å². The van der Waals surface area contributed by atoms with E-state index in [9.17, 15) is 21.6 Å². The lowest BCUT2D eigenvalue weighted by atomic mass is 10.2. The predicted molar refractivity (Wildman–Crippen MR) is 71.5 cm³/mol. The molecular formula is C13H11F3N2O2S. The van der Waals surface area contributed by atoms with Gasteiger partial charge in [-0.1, -0.05) is 12.1 Å². The average Bonchev–Trinajstić information content (AvgIpc) is 2.44. The molecule has 0 radical (unpaired) electrons. The topological polar surface area (TPSA) is 72.2 Å². The van der Waals surface area contributed by atoms with Crippen molar-refractivity contribution in [1.82, 2.24) is 0 Å². The fourth-order valence-electron chi connectivity index (χ4n) is 1.67. The molecule has 3 N–H and O–H groups in total. The normalized spacial score (nSPS) is 11.4. The largest absolute Gasteiger partial charge is 0.326 e. The molecule has 4 nitrogen and oxygen atoms in total. The summed E-state index contributed by atoms with van der Waals surface area (Å²) in [6.07, 6.45) is 0. The van der Waals surface area contributed by atoms with Crippen LogP contribution in [-0.2, 0) is 16.6 Å². The van der Waals surface area contributed by atoms with E-state index in [0.717, 1.165) is 0 Å². The van der Waals surface area contributed by atoms with Crippen LogP contribution in [0.25, 0.3) is 0 Å². The zero-order chi connectivity index (χ0) is 15.6. The maximum absolute atomic E-state index is 13.5. The molecule has 21 heavy (non-hydrogen) atoms. The molecule has 8 heteroatoms. The van der Waals surface area contributed by atoms with Crippen molar-refractivity contribution in [2.24, 2.45) is 5.73 Å². The summed E-state index contributed by atoms with van der Waals surface area (Å²) in [4.78, 5) is -0.186. The predicted octanol–water partition coefficient (Wildman–Crippen LogP) is 2.36. The molecule has 0 fully saturated rings. The lowest BCUT2D eigenvalue weighted by molar-refractivity contribution is 0.498. The van der Waals surface area contributed by atoms with Gasteiger partial charge in [0.15, 0.2) is 11.6 Å². The third-order valence-electron chi connectivity index (χ3n) is 2.68. The summed E-state index contributed by atoms with van der Waals surface area (Å²) in [5, 5.41) is 0. The Kier molecular flexibility index (Phi) is 4.19. The highest BCUT2D eigenvalue weighted by Gasteiger charge is 2.19. The molecule has 2 aromatic carbocycles. The van der Waals surface area contributed by atoms with Crippen LogP contribution in [0.2, 0.25) is 0 Å². The Balaban J connectivity index is 2.42. The molecule has 0 saturated carbocycles. The average molecular weight is 316 g/mol. The van der Waals surface area contributed by atoms with Crippen molar-refractivity contribution in [2.75, 3.05) is 4.72 Å². The number of hydrogen-bond acceptors (Lipinski definition) is 3. The van der Waals surface area contributed by atoms with Crippen molar-refractivity contribution in [3.8, 4) is 0 Å². The Hall–Kier alpha value is -2.06. The second-order valence-electron chi connectivity index (χ2n) is 4.21. The number of anilines is 1. The molecular weight excluding hydrogens is 305 g/mol. The van der Waals surface area contributed by atoms with Gasteiger partial charge in [0, 0.05) is 18.7 Å². The molecule has 0 bridgehead atoms. The third-order valence-corrected chi connectivity index (χ3v) is 4.04. The molecule has 0 aliphatic carbocycles. The Morgan fingerprint density at radius 2 is 1.81 bits per heavy atom. The molecule has 0 atom stereocenters. The number of nitrogens with two attached hydrogens (primary N) is 1. The monoisotopic (exact) mass is 316 g/mol. The van der Waals surface area contributed by atoms with E-state index in [-0.39, 0.29) is 11.4 Å². The minimum Gasteiger partial charge on any atom is -0.326 e. The zero-order valence-electron chi connectivity index (χ0n) is 10.6. The van der Waals surface area contributed by atoms with Crippen LogP contribution in [-0.4, -0.2) is 8.42 Å². The molecule has 0 amide bonds. The van der Waals surface area contributed by atoms with Gasteiger partial charge in [-0.15, -0.1) is 0 Å². The molecule has 0 spiro atoms. The van der Waals surface area contributed by atoms with Crippen LogP contribution in [0.5, 0.6) is 0 Å². The summed E-state index contributed by atoms with van der Waals surface area (Å²) < 4.78 is 65.6. The Bertz CT molecular complexity index is 779. The van der Waals surface area contributed by atoms with E-state index in [4.69, 9.17) is 5.73 Å². The second kappa shape index (κ2) is 5.74. The number of hydrogen-bond donors (Lipinski definition) is 2. The molecule has 112 valence electrons. The first-order valence-corrected chi connectivity index (χ1v) is 7.28. The summed E-state index contributed by atoms with van der Waals surface area (Å²) in [7, 11) is -4.18. The van der Waals surface area contributed by atoms with Crippen LogP contribution in [0, 0.1) is 17.5 Å². The van der Waals surface area contributed by atoms with Gasteiger partial charge in [0.2, 0.25) is 0 Å². The fraction of sp³-hybridized carbons (Fsp3) is 0.0769. The van der Waals surface area contributed by atoms with E-state index in [1.54, 1.807) is 6.07 Å². The standard InChI is InChI=1S/C13H11F3N2O2S/c14-9-5-11(15)13(16)12(6-9)18-21(19,20)10-3-1-2-8(4-10)7-17/h1-6,18H,7,17H2. The summed E-state index contributed by atoms with van der Waals surface area (Å²) >= 11 is 0. The molecule has 0 aliphatic heterocycles. The van der Waals surface area contributed by atoms with E-state index >= 15 is 0 Å². The van der Waals surface area contributed by atoms with Gasteiger partial charge in [-0.05, 0) is 17.7 Å². The number of halogens is 3. The highest BCUT2D eigenvalue weighted by molar-refractivity contribution is 7.92. The van der Waals surface area contributed by atoms with E-state index in [2.05, 4.69) is 0 Å². The Morgan fingerprint density at radius 1 is 1.10 bits per heavy atom. The van der Waals surface area contributed by atoms with Crippen molar-refractivity contribution in [2.45, 2.75) is 11.4 Å². The Labute approximate surface area is 119 Å². The number of rotatable bonds is 4. The lowest BCUT2D eigenvalue weighted by Crippen LogP contribution is -2.15. The minimum absolute atomic E-state index is 0.117. The maximum Gasteiger partial charge on any atom is 0.261 e. The summed E-state index contributed by atoms with van der Waals surface area (Å²) in [5.41, 5.74) is 5.15. The van der Waals surface area contributed by atoms with Crippen LogP contribution in [0.1, 0.15) is 5.56 Å². The Morgan fingerprint density at radius 3 is 2.48 bits per heavy atom. The van der Waals surface area contributed by atoms with Crippen molar-refractivity contribution < 1.29 is 21.6 Å². The van der Waals surface area contributed by atoms with Crippen molar-refractivity contribution >= 4 is 15.7 Å². The van der Waals surface area contributed by atoms with Crippen LogP contribution in [0.3, 0.4) is 0 Å². The zero-order valence-corrected chi connectivity index (χ0v) is 11.4. The summed E-state index contributed by atoms with van der Waals surface area (Å²) in [5.74, 6) is -4.05. The lowest BCUT2D eigenvalue weighted by Gasteiger charge is -2.10. The molecule has 0 saturated heterocycles. The maximum atomic E-state index is 13.5. The van der Waals surface area contributed by atoms with Gasteiger partial charge in [0.05, 0.1) is 10.6 Å². The van der Waals surface area contributed by atoms with Gasteiger partial charge < -0.3 is 5.73 Å². The molecule has 2 rings (SSSR count). The highest BCUT2D eigenvalue weighted by Crippen LogP contribution is 2.23. The van der Waals surface area contributed by atoms with Crippen LogP contribution >= 0.6 is 0 Å². The highest BCUT2D eigenvalue weighted by atomic mass is 32.2. The summed E-state index contributed by atoms with van der Waals surface area (Å²) in [6.45, 7) is 0.117. The SMILES string of the molecule is NCc1cccc(S(=O)(=O)Nc2cc(F)cc(F)c2F)c1. The van der Waals surface area contributed by atoms with Gasteiger partial charge in [-0.25, -0.2) is 21.6 Å². The number of nitrogens with one attached hydrogen (secondary N) is 1. The van der Waals surface area contributed by atoms with Crippen molar-refractivity contribution in [3.05, 3.63) is 59.4 Å². The number of sulfonamides is 1. The van der Waals surface area contributed by atoms with E-state index in [0.29, 0.717) is 17.7 Å². The van der Waals surface area contributed by atoms with Gasteiger partial charge in [-0.2, -0.15) is 0 Å². The van der Waals surface area contributed by atoms with Crippen molar-refractivity contribution in [1.29, 1.82) is 0 Å². The second-order valence-corrected chi connectivity index (χ2v) is 5.89. The molecule has 2 aromatic rings. The minimum atomic E-state index is -4.18. The molecule has 0 unspecified atom stereocenters. The third kappa shape index (κ3) is 3.34. The van der Waals surface area contributed by atoms with Gasteiger partial charge in [0.25, 0.3) is 10.0 Å². The smallest absolute Gasteiger partial charge is 0.261 e. The molecule has 0 aliphatic rings. The first kappa shape index (κ1) is 15.3. The van der Waals surface area contributed by atoms with E-state index < -0.39 is 33.2 Å². The van der Waals surface area contributed by atoms with E-state index in [1.807, 2.05) is 4.72 Å². The molecule has 0 heterocycles. The van der Waals surface area contributed by atoms with Gasteiger partial charge in [-0.3, -0.25) is 4.72 Å². The van der Waals surface area contributed by atoms with Crippen LogP contribution < -0.4 is 10.5 Å². The molecule has 0 aromatic heterocycles.